The average molecular weight is 192 g/mol. The first kappa shape index (κ1) is 9.21. The summed E-state index contributed by atoms with van der Waals surface area (Å²) in [5.41, 5.74) is 3.97. The summed E-state index contributed by atoms with van der Waals surface area (Å²) >= 11 is 0. The van der Waals surface area contributed by atoms with Crippen LogP contribution in [0, 0.1) is 0 Å². The maximum Gasteiger partial charge on any atom is 0.0800 e. The van der Waals surface area contributed by atoms with Gasteiger partial charge in [-0.15, -0.1) is 0 Å². The van der Waals surface area contributed by atoms with E-state index in [1.54, 1.807) is 0 Å². The van der Waals surface area contributed by atoms with E-state index >= 15 is 0 Å². The molecule has 0 aliphatic rings. The van der Waals surface area contributed by atoms with Gasteiger partial charge in [0.25, 0.3) is 0 Å². The molecule has 1 aromatic heterocycles. The zero-order chi connectivity index (χ0) is 9.97. The van der Waals surface area contributed by atoms with Crippen molar-refractivity contribution in [1.29, 1.82) is 0 Å². The minimum absolute atomic E-state index is 0.133. The molecule has 0 aliphatic heterocycles. The molecule has 1 atom stereocenters. The Morgan fingerprint density at radius 3 is 2.93 bits per heavy atom. The topological polar surface area (TPSA) is 68.3 Å². The standard InChI is InChI=1S/C10H12N2O2/c13-6-10(12-14)7-1-2-9-8(5-7)3-4-11-9/h1-5,10-14H,6H2/t10-/m1/s1. The Labute approximate surface area is 81.1 Å². The molecule has 4 N–H and O–H groups in total. The van der Waals surface area contributed by atoms with Gasteiger partial charge >= 0.3 is 0 Å². The molecule has 0 saturated heterocycles. The first-order valence-corrected chi connectivity index (χ1v) is 4.42. The number of hydrogen-bond acceptors (Lipinski definition) is 3. The third kappa shape index (κ3) is 1.50. The first-order chi connectivity index (χ1) is 6.85. The average Bonchev–Trinajstić information content (AvgIpc) is 2.66. The summed E-state index contributed by atoms with van der Waals surface area (Å²) in [6, 6.07) is 7.24. The molecule has 2 aromatic rings. The maximum atomic E-state index is 8.97. The van der Waals surface area contributed by atoms with Crippen molar-refractivity contribution in [2.24, 2.45) is 0 Å². The van der Waals surface area contributed by atoms with Crippen LogP contribution in [0.25, 0.3) is 10.9 Å². The van der Waals surface area contributed by atoms with Crippen LogP contribution in [0.5, 0.6) is 0 Å². The van der Waals surface area contributed by atoms with Crippen LogP contribution in [0.3, 0.4) is 0 Å². The molecule has 4 nitrogen and oxygen atoms in total. The summed E-state index contributed by atoms with van der Waals surface area (Å²) in [5.74, 6) is 0. The Balaban J connectivity index is 2.42. The highest BCUT2D eigenvalue weighted by Gasteiger charge is 2.08. The van der Waals surface area contributed by atoms with Gasteiger partial charge in [0.05, 0.1) is 12.6 Å². The third-order valence-electron chi connectivity index (χ3n) is 2.32. The lowest BCUT2D eigenvalue weighted by atomic mass is 10.1. The Bertz CT molecular complexity index is 421. The molecule has 1 heterocycles. The minimum atomic E-state index is -0.422. The van der Waals surface area contributed by atoms with Gasteiger partial charge in [-0.3, -0.25) is 0 Å². The summed E-state index contributed by atoms with van der Waals surface area (Å²) in [4.78, 5) is 3.08. The van der Waals surface area contributed by atoms with Gasteiger partial charge in [-0.05, 0) is 29.1 Å². The van der Waals surface area contributed by atoms with Gasteiger partial charge in [0.15, 0.2) is 0 Å². The number of aromatic amines is 1. The summed E-state index contributed by atoms with van der Waals surface area (Å²) in [7, 11) is 0. The molecular weight excluding hydrogens is 180 g/mol. The second kappa shape index (κ2) is 3.79. The van der Waals surface area contributed by atoms with Crippen molar-refractivity contribution in [1.82, 2.24) is 10.5 Å². The van der Waals surface area contributed by atoms with E-state index in [0.29, 0.717) is 0 Å². The lowest BCUT2D eigenvalue weighted by molar-refractivity contribution is 0.0906. The molecule has 0 amide bonds. The van der Waals surface area contributed by atoms with Crippen molar-refractivity contribution < 1.29 is 10.3 Å². The van der Waals surface area contributed by atoms with Gasteiger partial charge in [-0.1, -0.05) is 6.07 Å². The normalized spacial score (nSPS) is 13.3. The summed E-state index contributed by atoms with van der Waals surface area (Å²) in [6.45, 7) is -0.133. The van der Waals surface area contributed by atoms with Gasteiger partial charge in [-0.25, -0.2) is 0 Å². The van der Waals surface area contributed by atoms with Crippen LogP contribution in [0.15, 0.2) is 30.5 Å². The quantitative estimate of drug-likeness (QED) is 0.552. The molecular formula is C10H12N2O2. The molecule has 0 bridgehead atoms. The molecule has 1 aromatic carbocycles. The lowest BCUT2D eigenvalue weighted by Crippen LogP contribution is -2.20. The largest absolute Gasteiger partial charge is 0.394 e. The van der Waals surface area contributed by atoms with Crippen LogP contribution in [0.2, 0.25) is 0 Å². The Hall–Kier alpha value is -1.36. The predicted octanol–water partition coefficient (Wildman–Crippen LogP) is 1.18. The number of aliphatic hydroxyl groups excluding tert-OH is 1. The molecule has 0 aliphatic carbocycles. The van der Waals surface area contributed by atoms with E-state index in [9.17, 15) is 0 Å². The smallest absolute Gasteiger partial charge is 0.0800 e. The van der Waals surface area contributed by atoms with E-state index in [2.05, 4.69) is 10.5 Å². The second-order valence-electron chi connectivity index (χ2n) is 3.19. The molecule has 0 unspecified atom stereocenters. The van der Waals surface area contributed by atoms with Crippen LogP contribution >= 0.6 is 0 Å². The highest BCUT2D eigenvalue weighted by atomic mass is 16.5. The Morgan fingerprint density at radius 2 is 2.21 bits per heavy atom. The fourth-order valence-corrected chi connectivity index (χ4v) is 1.51. The molecule has 14 heavy (non-hydrogen) atoms. The fraction of sp³-hybridized carbons (Fsp3) is 0.200. The molecule has 0 fully saturated rings. The summed E-state index contributed by atoms with van der Waals surface area (Å²) in [5, 5.41) is 18.8. The number of benzene rings is 1. The fourth-order valence-electron chi connectivity index (χ4n) is 1.51. The molecule has 0 radical (unpaired) electrons. The number of aromatic nitrogens is 1. The number of nitrogens with one attached hydrogen (secondary N) is 2. The molecule has 0 spiro atoms. The third-order valence-corrected chi connectivity index (χ3v) is 2.32. The van der Waals surface area contributed by atoms with Crippen molar-refractivity contribution >= 4 is 10.9 Å². The van der Waals surface area contributed by atoms with Crippen LogP contribution < -0.4 is 5.48 Å². The van der Waals surface area contributed by atoms with Gasteiger partial charge in [0, 0.05) is 11.7 Å². The van der Waals surface area contributed by atoms with Gasteiger partial charge in [0.2, 0.25) is 0 Å². The molecule has 2 rings (SSSR count). The van der Waals surface area contributed by atoms with Crippen molar-refractivity contribution in [3.05, 3.63) is 36.0 Å². The SMILES string of the molecule is OC[C@@H](NO)c1ccc2[nH]ccc2c1. The van der Waals surface area contributed by atoms with E-state index in [1.165, 1.54) is 0 Å². The summed E-state index contributed by atoms with van der Waals surface area (Å²) < 4.78 is 0. The van der Waals surface area contributed by atoms with Gasteiger partial charge < -0.3 is 15.3 Å². The van der Waals surface area contributed by atoms with E-state index in [0.717, 1.165) is 16.5 Å². The van der Waals surface area contributed by atoms with E-state index in [-0.39, 0.29) is 6.61 Å². The number of H-pyrrole nitrogens is 1. The van der Waals surface area contributed by atoms with Crippen LogP contribution in [0.1, 0.15) is 11.6 Å². The highest BCUT2D eigenvalue weighted by Crippen LogP contribution is 2.18. The van der Waals surface area contributed by atoms with E-state index in [1.807, 2.05) is 30.5 Å². The van der Waals surface area contributed by atoms with Crippen molar-refractivity contribution in [3.63, 3.8) is 0 Å². The number of fused-ring (bicyclic) bond motifs is 1. The molecule has 74 valence electrons. The van der Waals surface area contributed by atoms with Crippen molar-refractivity contribution in [2.75, 3.05) is 6.61 Å². The number of rotatable bonds is 3. The second-order valence-corrected chi connectivity index (χ2v) is 3.19. The van der Waals surface area contributed by atoms with Crippen LogP contribution in [-0.2, 0) is 0 Å². The maximum absolute atomic E-state index is 8.97. The Kier molecular flexibility index (Phi) is 2.49. The van der Waals surface area contributed by atoms with Gasteiger partial charge in [0.1, 0.15) is 0 Å². The number of aliphatic hydroxyl groups is 1. The number of hydrogen-bond donors (Lipinski definition) is 4. The monoisotopic (exact) mass is 192 g/mol. The molecule has 4 heteroatoms. The first-order valence-electron chi connectivity index (χ1n) is 4.42. The number of hydroxylamine groups is 1. The van der Waals surface area contributed by atoms with Crippen LogP contribution in [-0.4, -0.2) is 21.9 Å². The minimum Gasteiger partial charge on any atom is -0.394 e. The summed E-state index contributed by atoms with van der Waals surface area (Å²) in [6.07, 6.45) is 1.86. The predicted molar refractivity (Wildman–Crippen MR) is 53.0 cm³/mol. The van der Waals surface area contributed by atoms with Crippen LogP contribution in [0.4, 0.5) is 0 Å². The van der Waals surface area contributed by atoms with Crippen molar-refractivity contribution in [2.45, 2.75) is 6.04 Å². The van der Waals surface area contributed by atoms with Crippen molar-refractivity contribution in [3.8, 4) is 0 Å². The van der Waals surface area contributed by atoms with E-state index < -0.39 is 6.04 Å². The van der Waals surface area contributed by atoms with Gasteiger partial charge in [-0.2, -0.15) is 5.48 Å². The molecule has 0 saturated carbocycles. The Morgan fingerprint density at radius 1 is 1.36 bits per heavy atom. The highest BCUT2D eigenvalue weighted by molar-refractivity contribution is 5.80. The lowest BCUT2D eigenvalue weighted by Gasteiger charge is -2.11. The van der Waals surface area contributed by atoms with E-state index in [4.69, 9.17) is 10.3 Å². The zero-order valence-electron chi connectivity index (χ0n) is 7.57. The zero-order valence-corrected chi connectivity index (χ0v) is 7.57.